The second-order valence-electron chi connectivity index (χ2n) is 8.25. The Morgan fingerprint density at radius 2 is 1.76 bits per heavy atom. The number of nitrogens with zero attached hydrogens (tertiary/aromatic N) is 2. The number of carbonyl (C=O) groups is 3. The highest BCUT2D eigenvalue weighted by atomic mass is 32.1. The molecule has 0 aliphatic heterocycles. The predicted molar refractivity (Wildman–Crippen MR) is 136 cm³/mol. The smallest absolute Gasteiger partial charge is 0.270 e. The first-order chi connectivity index (χ1) is 17.7. The summed E-state index contributed by atoms with van der Waals surface area (Å²) in [5, 5.41) is 2.86. The number of hydrogen-bond donors (Lipinski definition) is 3. The molecule has 0 unspecified atom stereocenters. The summed E-state index contributed by atoms with van der Waals surface area (Å²) in [6, 6.07) is 16.9. The highest BCUT2D eigenvalue weighted by molar-refractivity contribution is 7.09. The summed E-state index contributed by atoms with van der Waals surface area (Å²) in [5.41, 5.74) is 12.4. The van der Waals surface area contributed by atoms with E-state index in [9.17, 15) is 18.8 Å². The number of furan rings is 1. The van der Waals surface area contributed by atoms with Crippen molar-refractivity contribution in [1.29, 1.82) is 0 Å². The van der Waals surface area contributed by atoms with Gasteiger partial charge in [0, 0.05) is 13.1 Å². The monoisotopic (exact) mass is 521 g/mol. The summed E-state index contributed by atoms with van der Waals surface area (Å²) in [6.07, 6.45) is 0. The van der Waals surface area contributed by atoms with Gasteiger partial charge in [0.25, 0.3) is 17.7 Å². The lowest BCUT2D eigenvalue weighted by atomic mass is 10.1. The second-order valence-corrected chi connectivity index (χ2v) is 9.03. The largest absolute Gasteiger partial charge is 0.464 e. The van der Waals surface area contributed by atoms with Crippen molar-refractivity contribution in [1.82, 2.24) is 14.6 Å². The van der Waals surface area contributed by atoms with Crippen LogP contribution in [0.2, 0.25) is 0 Å². The number of nitrogen functional groups attached to an aromatic ring is 1. The van der Waals surface area contributed by atoms with E-state index in [0.29, 0.717) is 22.9 Å². The molecule has 2 heterocycles. The van der Waals surface area contributed by atoms with Crippen molar-refractivity contribution in [2.24, 2.45) is 5.73 Å². The molecule has 0 spiro atoms. The molecule has 37 heavy (non-hydrogen) atoms. The Labute approximate surface area is 216 Å². The van der Waals surface area contributed by atoms with Crippen LogP contribution in [0.5, 0.6) is 0 Å². The number of nitrogens with two attached hydrogens (primary N) is 2. The average molecular weight is 522 g/mol. The summed E-state index contributed by atoms with van der Waals surface area (Å²) >= 11 is 0.704. The van der Waals surface area contributed by atoms with Crippen molar-refractivity contribution in [3.05, 3.63) is 106 Å². The first-order valence-corrected chi connectivity index (χ1v) is 12.0. The van der Waals surface area contributed by atoms with Crippen molar-refractivity contribution in [2.45, 2.75) is 26.1 Å². The minimum atomic E-state index is -1.21. The molecule has 5 N–H and O–H groups in total. The minimum absolute atomic E-state index is 0.0555. The van der Waals surface area contributed by atoms with Crippen LogP contribution < -0.4 is 16.8 Å². The van der Waals surface area contributed by atoms with Crippen LogP contribution in [-0.4, -0.2) is 27.0 Å². The first-order valence-electron chi connectivity index (χ1n) is 11.2. The van der Waals surface area contributed by atoms with E-state index in [2.05, 4.69) is 9.69 Å². The quantitative estimate of drug-likeness (QED) is 0.307. The highest BCUT2D eigenvalue weighted by Crippen LogP contribution is 2.31. The summed E-state index contributed by atoms with van der Waals surface area (Å²) in [4.78, 5) is 40.3. The Kier molecular flexibility index (Phi) is 7.63. The van der Waals surface area contributed by atoms with E-state index >= 15 is 0 Å². The zero-order chi connectivity index (χ0) is 26.5. The summed E-state index contributed by atoms with van der Waals surface area (Å²) in [6.45, 7) is 1.84. The van der Waals surface area contributed by atoms with Crippen LogP contribution >= 0.6 is 11.5 Å². The molecule has 9 nitrogen and oxygen atoms in total. The molecule has 4 rings (SSSR count). The van der Waals surface area contributed by atoms with Crippen molar-refractivity contribution in [3.8, 4) is 0 Å². The third-order valence-corrected chi connectivity index (χ3v) is 6.43. The van der Waals surface area contributed by atoms with Crippen LogP contribution in [0.3, 0.4) is 0 Å². The SMILES string of the molecule is Cc1ccc([C@@H](C(=O)NCc2ccccc2)N(Cc2ccc(F)cc2)C(=O)c2snc(C(N)=O)c2N)o1. The number of amides is 3. The standard InChI is InChI=1S/C26H24FN5O4S/c1-15-7-12-19(36-15)22(25(34)30-13-16-5-3-2-4-6-16)32(14-17-8-10-18(27)11-9-17)26(35)23-20(28)21(24(29)33)31-37-23/h2-12,22H,13-14,28H2,1H3,(H2,29,33)(H,30,34)/t22-/m0/s1. The van der Waals surface area contributed by atoms with Crippen LogP contribution in [0.1, 0.15) is 48.8 Å². The predicted octanol–water partition coefficient (Wildman–Crippen LogP) is 3.56. The average Bonchev–Trinajstić information content (AvgIpc) is 3.49. The van der Waals surface area contributed by atoms with Gasteiger partial charge in [-0.05, 0) is 53.8 Å². The zero-order valence-electron chi connectivity index (χ0n) is 19.8. The molecule has 4 aromatic rings. The van der Waals surface area contributed by atoms with E-state index in [4.69, 9.17) is 15.9 Å². The number of rotatable bonds is 9. The van der Waals surface area contributed by atoms with Gasteiger partial charge in [0.2, 0.25) is 0 Å². The van der Waals surface area contributed by atoms with E-state index in [1.807, 2.05) is 30.3 Å². The number of anilines is 1. The van der Waals surface area contributed by atoms with Gasteiger partial charge in [-0.2, -0.15) is 4.37 Å². The van der Waals surface area contributed by atoms with E-state index in [0.717, 1.165) is 5.56 Å². The fourth-order valence-corrected chi connectivity index (χ4v) is 4.49. The Bertz CT molecular complexity index is 1420. The minimum Gasteiger partial charge on any atom is -0.464 e. The molecule has 0 saturated heterocycles. The van der Waals surface area contributed by atoms with E-state index in [-0.39, 0.29) is 35.1 Å². The number of nitrogens with one attached hydrogen (secondary N) is 1. The number of halogens is 1. The van der Waals surface area contributed by atoms with Crippen LogP contribution in [0.4, 0.5) is 10.1 Å². The number of aryl methyl sites for hydroxylation is 1. The molecule has 0 aliphatic rings. The van der Waals surface area contributed by atoms with Gasteiger partial charge < -0.3 is 26.1 Å². The Hall–Kier alpha value is -4.51. The summed E-state index contributed by atoms with van der Waals surface area (Å²) < 4.78 is 23.3. The lowest BCUT2D eigenvalue weighted by Crippen LogP contribution is -2.43. The van der Waals surface area contributed by atoms with Gasteiger partial charge >= 0.3 is 0 Å². The maximum atomic E-state index is 13.8. The molecule has 2 aromatic carbocycles. The molecule has 0 aliphatic carbocycles. The summed E-state index contributed by atoms with van der Waals surface area (Å²) in [5.74, 6) is -1.74. The van der Waals surface area contributed by atoms with Crippen molar-refractivity contribution in [3.63, 3.8) is 0 Å². The zero-order valence-corrected chi connectivity index (χ0v) is 20.6. The van der Waals surface area contributed by atoms with Crippen LogP contribution in [0.25, 0.3) is 0 Å². The van der Waals surface area contributed by atoms with E-state index in [1.165, 1.54) is 29.2 Å². The van der Waals surface area contributed by atoms with E-state index < -0.39 is 29.6 Å². The second kappa shape index (κ2) is 11.0. The molecule has 0 saturated carbocycles. The Morgan fingerprint density at radius 3 is 2.35 bits per heavy atom. The molecular formula is C26H24FN5O4S. The van der Waals surface area contributed by atoms with Crippen LogP contribution in [0, 0.1) is 12.7 Å². The number of hydrogen-bond acceptors (Lipinski definition) is 7. The third-order valence-electron chi connectivity index (χ3n) is 5.58. The fraction of sp³-hybridized carbons (Fsp3) is 0.154. The highest BCUT2D eigenvalue weighted by Gasteiger charge is 2.36. The maximum absolute atomic E-state index is 13.8. The number of carbonyl (C=O) groups excluding carboxylic acids is 3. The molecule has 0 bridgehead atoms. The molecule has 3 amide bonds. The van der Waals surface area contributed by atoms with Crippen molar-refractivity contribution in [2.75, 3.05) is 5.73 Å². The van der Waals surface area contributed by atoms with Gasteiger partial charge in [0.15, 0.2) is 11.7 Å². The normalized spacial score (nSPS) is 11.6. The topological polar surface area (TPSA) is 145 Å². The van der Waals surface area contributed by atoms with Crippen molar-refractivity contribution >= 4 is 34.9 Å². The van der Waals surface area contributed by atoms with Crippen LogP contribution in [0.15, 0.2) is 71.1 Å². The van der Waals surface area contributed by atoms with Crippen LogP contribution in [-0.2, 0) is 17.9 Å². The molecule has 11 heteroatoms. The van der Waals surface area contributed by atoms with Gasteiger partial charge in [-0.25, -0.2) is 4.39 Å². The fourth-order valence-electron chi connectivity index (χ4n) is 3.73. The van der Waals surface area contributed by atoms with Gasteiger partial charge in [-0.15, -0.1) is 0 Å². The van der Waals surface area contributed by atoms with Gasteiger partial charge in [0.1, 0.15) is 22.2 Å². The number of primary amides is 1. The molecule has 1 atom stereocenters. The van der Waals surface area contributed by atoms with Gasteiger partial charge in [0.05, 0.1) is 5.69 Å². The molecular weight excluding hydrogens is 497 g/mol. The summed E-state index contributed by atoms with van der Waals surface area (Å²) in [7, 11) is 0. The Morgan fingerprint density at radius 1 is 1.05 bits per heavy atom. The molecule has 0 fully saturated rings. The van der Waals surface area contributed by atoms with Gasteiger partial charge in [-0.3, -0.25) is 14.4 Å². The Balaban J connectivity index is 1.75. The lowest BCUT2D eigenvalue weighted by Gasteiger charge is -2.29. The number of aromatic nitrogens is 1. The van der Waals surface area contributed by atoms with Crippen molar-refractivity contribution < 1.29 is 23.2 Å². The van der Waals surface area contributed by atoms with E-state index in [1.54, 1.807) is 19.1 Å². The molecule has 0 radical (unpaired) electrons. The first kappa shape index (κ1) is 25.6. The lowest BCUT2D eigenvalue weighted by molar-refractivity contribution is -0.126. The number of benzene rings is 2. The third kappa shape index (κ3) is 5.84. The maximum Gasteiger partial charge on any atom is 0.270 e. The van der Waals surface area contributed by atoms with Gasteiger partial charge in [-0.1, -0.05) is 42.5 Å². The molecule has 2 aromatic heterocycles. The molecule has 190 valence electrons.